The number of thiophene rings is 1. The van der Waals surface area contributed by atoms with Gasteiger partial charge in [0.2, 0.25) is 5.95 Å². The van der Waals surface area contributed by atoms with Gasteiger partial charge in [-0.25, -0.2) is 0 Å². The van der Waals surface area contributed by atoms with Gasteiger partial charge in [0.05, 0.1) is 23.3 Å². The Morgan fingerprint density at radius 1 is 1.32 bits per heavy atom. The summed E-state index contributed by atoms with van der Waals surface area (Å²) in [6.07, 6.45) is 2.26. The van der Waals surface area contributed by atoms with E-state index in [1.165, 1.54) is 23.1 Å². The standard InChI is InChI=1S/C15H16Cl2N4O2S2/c16-12-7-10(13(17)25-12)11(22)8-24-15-19-18-14(21(15)9-1-2-9)20-3-5-23-6-4-20/h7,9H,1-6,8H2. The number of Topliss-reactive ketones (excluding diaryl/α,β-unsaturated/α-hetero) is 1. The summed E-state index contributed by atoms with van der Waals surface area (Å²) in [5, 5.41) is 9.50. The maximum Gasteiger partial charge on any atom is 0.228 e. The average molecular weight is 419 g/mol. The van der Waals surface area contributed by atoms with Crippen LogP contribution in [-0.4, -0.2) is 52.6 Å². The molecule has 134 valence electrons. The summed E-state index contributed by atoms with van der Waals surface area (Å²) in [7, 11) is 0. The number of carbonyl (C=O) groups excluding carboxylic acids is 1. The molecule has 0 aromatic carbocycles. The Hall–Kier alpha value is -0.800. The Morgan fingerprint density at radius 2 is 2.08 bits per heavy atom. The lowest BCUT2D eigenvalue weighted by atomic mass is 10.2. The molecule has 25 heavy (non-hydrogen) atoms. The molecule has 4 rings (SSSR count). The van der Waals surface area contributed by atoms with E-state index in [1.54, 1.807) is 6.07 Å². The van der Waals surface area contributed by atoms with Gasteiger partial charge in [0.25, 0.3) is 0 Å². The van der Waals surface area contributed by atoms with Crippen molar-refractivity contribution in [1.29, 1.82) is 0 Å². The van der Waals surface area contributed by atoms with E-state index in [0.717, 1.165) is 37.0 Å². The number of anilines is 1. The number of hydrogen-bond donors (Lipinski definition) is 0. The summed E-state index contributed by atoms with van der Waals surface area (Å²) >= 11 is 14.6. The van der Waals surface area contributed by atoms with E-state index in [2.05, 4.69) is 19.7 Å². The third-order valence-electron chi connectivity index (χ3n) is 4.14. The Kier molecular flexibility index (Phi) is 5.24. The first kappa shape index (κ1) is 17.6. The van der Waals surface area contributed by atoms with Crippen LogP contribution >= 0.6 is 46.3 Å². The van der Waals surface area contributed by atoms with Gasteiger partial charge < -0.3 is 9.64 Å². The molecule has 3 heterocycles. The van der Waals surface area contributed by atoms with Crippen LogP contribution in [0.25, 0.3) is 0 Å². The molecule has 2 fully saturated rings. The molecule has 0 N–H and O–H groups in total. The van der Waals surface area contributed by atoms with E-state index in [4.69, 9.17) is 27.9 Å². The molecule has 0 amide bonds. The van der Waals surface area contributed by atoms with E-state index in [1.807, 2.05) is 0 Å². The minimum absolute atomic E-state index is 0.0450. The summed E-state index contributed by atoms with van der Waals surface area (Å²) in [6, 6.07) is 2.06. The van der Waals surface area contributed by atoms with Crippen molar-refractivity contribution < 1.29 is 9.53 Å². The van der Waals surface area contributed by atoms with Crippen LogP contribution in [0, 0.1) is 0 Å². The first-order valence-electron chi connectivity index (χ1n) is 8.02. The van der Waals surface area contributed by atoms with E-state index in [-0.39, 0.29) is 11.5 Å². The van der Waals surface area contributed by atoms with E-state index in [9.17, 15) is 4.79 Å². The second kappa shape index (κ2) is 7.44. The van der Waals surface area contributed by atoms with Gasteiger partial charge in [-0.2, -0.15) is 0 Å². The monoisotopic (exact) mass is 418 g/mol. The first-order valence-corrected chi connectivity index (χ1v) is 10.6. The predicted octanol–water partition coefficient (Wildman–Crippen LogP) is 3.79. The summed E-state index contributed by atoms with van der Waals surface area (Å²) in [6.45, 7) is 3.04. The highest BCUT2D eigenvalue weighted by Crippen LogP contribution is 2.41. The number of carbonyl (C=O) groups is 1. The highest BCUT2D eigenvalue weighted by atomic mass is 35.5. The largest absolute Gasteiger partial charge is 0.378 e. The molecule has 1 aliphatic heterocycles. The third-order valence-corrected chi connectivity index (χ3v) is 6.57. The van der Waals surface area contributed by atoms with Gasteiger partial charge in [-0.15, -0.1) is 21.5 Å². The molecule has 10 heteroatoms. The second-order valence-corrected chi connectivity index (χ2v) is 9.16. The van der Waals surface area contributed by atoms with Gasteiger partial charge in [0, 0.05) is 24.7 Å². The first-order chi connectivity index (χ1) is 12.1. The summed E-state index contributed by atoms with van der Waals surface area (Å²) in [5.74, 6) is 1.11. The van der Waals surface area contributed by atoms with Crippen molar-refractivity contribution in [2.75, 3.05) is 37.0 Å². The number of ketones is 1. The van der Waals surface area contributed by atoms with Crippen LogP contribution in [0.2, 0.25) is 8.67 Å². The number of aromatic nitrogens is 3. The van der Waals surface area contributed by atoms with Crippen molar-refractivity contribution in [3.8, 4) is 0 Å². The number of halogens is 2. The van der Waals surface area contributed by atoms with Gasteiger partial charge in [0.15, 0.2) is 10.9 Å². The molecule has 2 aromatic rings. The zero-order valence-corrected chi connectivity index (χ0v) is 16.4. The Labute approximate surface area is 163 Å². The van der Waals surface area contributed by atoms with E-state index in [0.29, 0.717) is 33.5 Å². The molecule has 2 aliphatic rings. The highest BCUT2D eigenvalue weighted by molar-refractivity contribution is 7.99. The number of morpholine rings is 1. The second-order valence-electron chi connectivity index (χ2n) is 5.93. The van der Waals surface area contributed by atoms with Crippen LogP contribution in [0.1, 0.15) is 29.2 Å². The molecular formula is C15H16Cl2N4O2S2. The van der Waals surface area contributed by atoms with Crippen molar-refractivity contribution in [2.45, 2.75) is 24.0 Å². The molecule has 0 atom stereocenters. The van der Waals surface area contributed by atoms with Crippen molar-refractivity contribution in [2.24, 2.45) is 0 Å². The van der Waals surface area contributed by atoms with Gasteiger partial charge in [-0.1, -0.05) is 35.0 Å². The molecular weight excluding hydrogens is 403 g/mol. The molecule has 1 aliphatic carbocycles. The van der Waals surface area contributed by atoms with Crippen molar-refractivity contribution in [1.82, 2.24) is 14.8 Å². The van der Waals surface area contributed by atoms with Gasteiger partial charge in [-0.3, -0.25) is 9.36 Å². The lowest BCUT2D eigenvalue weighted by molar-refractivity contribution is 0.102. The maximum absolute atomic E-state index is 12.4. The minimum atomic E-state index is -0.0450. The lowest BCUT2D eigenvalue weighted by Crippen LogP contribution is -2.38. The van der Waals surface area contributed by atoms with Crippen molar-refractivity contribution in [3.05, 3.63) is 20.3 Å². The zero-order chi connectivity index (χ0) is 17.4. The molecule has 0 radical (unpaired) electrons. The summed E-state index contributed by atoms with van der Waals surface area (Å²) < 4.78 is 8.55. The number of nitrogens with zero attached hydrogens (tertiary/aromatic N) is 4. The fraction of sp³-hybridized carbons (Fsp3) is 0.533. The molecule has 6 nitrogen and oxygen atoms in total. The van der Waals surface area contributed by atoms with Crippen LogP contribution in [0.5, 0.6) is 0 Å². The fourth-order valence-electron chi connectivity index (χ4n) is 2.74. The van der Waals surface area contributed by atoms with Crippen LogP contribution in [0.15, 0.2) is 11.2 Å². The van der Waals surface area contributed by atoms with Crippen LogP contribution in [0.4, 0.5) is 5.95 Å². The zero-order valence-electron chi connectivity index (χ0n) is 13.3. The number of ether oxygens (including phenoxy) is 1. The Balaban J connectivity index is 1.49. The van der Waals surface area contributed by atoms with E-state index >= 15 is 0 Å². The Bertz CT molecular complexity index is 785. The van der Waals surface area contributed by atoms with Crippen LogP contribution in [0.3, 0.4) is 0 Å². The fourth-order valence-corrected chi connectivity index (χ4v) is 5.12. The van der Waals surface area contributed by atoms with E-state index < -0.39 is 0 Å². The van der Waals surface area contributed by atoms with Crippen LogP contribution < -0.4 is 4.90 Å². The SMILES string of the molecule is O=C(CSc1nnc(N2CCOCC2)n1C1CC1)c1cc(Cl)sc1Cl. The summed E-state index contributed by atoms with van der Waals surface area (Å²) in [5.41, 5.74) is 0.482. The smallest absolute Gasteiger partial charge is 0.228 e. The average Bonchev–Trinajstić information content (AvgIpc) is 3.27. The highest BCUT2D eigenvalue weighted by Gasteiger charge is 2.32. The molecule has 1 saturated carbocycles. The quantitative estimate of drug-likeness (QED) is 0.525. The maximum atomic E-state index is 12.4. The molecule has 0 spiro atoms. The molecule has 2 aromatic heterocycles. The number of thioether (sulfide) groups is 1. The lowest BCUT2D eigenvalue weighted by Gasteiger charge is -2.27. The Morgan fingerprint density at radius 3 is 2.72 bits per heavy atom. The number of hydrogen-bond acceptors (Lipinski definition) is 7. The van der Waals surface area contributed by atoms with Crippen LogP contribution in [-0.2, 0) is 4.74 Å². The molecule has 0 unspecified atom stereocenters. The normalized spacial score (nSPS) is 17.9. The summed E-state index contributed by atoms with van der Waals surface area (Å²) in [4.78, 5) is 14.6. The van der Waals surface area contributed by atoms with Crippen molar-refractivity contribution in [3.63, 3.8) is 0 Å². The third kappa shape index (κ3) is 3.83. The molecule has 1 saturated heterocycles. The number of rotatable bonds is 6. The minimum Gasteiger partial charge on any atom is -0.378 e. The molecule has 0 bridgehead atoms. The van der Waals surface area contributed by atoms with Gasteiger partial charge >= 0.3 is 0 Å². The van der Waals surface area contributed by atoms with Crippen molar-refractivity contribution >= 4 is 58.0 Å². The van der Waals surface area contributed by atoms with Gasteiger partial charge in [-0.05, 0) is 18.9 Å². The van der Waals surface area contributed by atoms with Gasteiger partial charge in [0.1, 0.15) is 4.34 Å². The topological polar surface area (TPSA) is 60.3 Å². The predicted molar refractivity (Wildman–Crippen MR) is 101 cm³/mol.